The number of ether oxygens (including phenoxy) is 1. The van der Waals surface area contributed by atoms with Crippen LogP contribution in [0.15, 0.2) is 23.7 Å². The van der Waals surface area contributed by atoms with Gasteiger partial charge in [-0.15, -0.1) is 11.3 Å². The lowest BCUT2D eigenvalue weighted by molar-refractivity contribution is 0.415. The Bertz CT molecular complexity index is 471. The summed E-state index contributed by atoms with van der Waals surface area (Å²) in [7, 11) is 1.56. The van der Waals surface area contributed by atoms with Gasteiger partial charge < -0.3 is 4.74 Å². The smallest absolute Gasteiger partial charge is 0.139 e. The Labute approximate surface area is 101 Å². The topological polar surface area (TPSA) is 22.1 Å². The number of benzene rings is 1. The summed E-state index contributed by atoms with van der Waals surface area (Å²) in [5.41, 5.74) is 0.831. The van der Waals surface area contributed by atoms with Crippen molar-refractivity contribution in [2.24, 2.45) is 0 Å². The molecule has 0 fully saturated rings. The van der Waals surface area contributed by atoms with Crippen LogP contribution in [0.5, 0.6) is 5.75 Å². The molecule has 0 bridgehead atoms. The first-order valence-electron chi connectivity index (χ1n) is 4.16. The summed E-state index contributed by atoms with van der Waals surface area (Å²) in [5, 5.41) is 3.64. The number of nitrogens with zero attached hydrogens (tertiary/aromatic N) is 1. The quantitative estimate of drug-likeness (QED) is 0.810. The number of methoxy groups -OCH3 is 1. The van der Waals surface area contributed by atoms with Crippen molar-refractivity contribution in [2.45, 2.75) is 0 Å². The van der Waals surface area contributed by atoms with Crippen molar-refractivity contribution in [3.63, 3.8) is 0 Å². The highest BCUT2D eigenvalue weighted by molar-refractivity contribution is 7.13. The molecule has 1 aromatic heterocycles. The van der Waals surface area contributed by atoms with Crippen molar-refractivity contribution in [1.82, 2.24) is 4.98 Å². The van der Waals surface area contributed by atoms with Crippen molar-refractivity contribution in [3.8, 4) is 16.3 Å². The lowest BCUT2D eigenvalue weighted by Crippen LogP contribution is -1.86. The van der Waals surface area contributed by atoms with Crippen LogP contribution in [0.4, 0.5) is 0 Å². The van der Waals surface area contributed by atoms with E-state index in [0.717, 1.165) is 10.6 Å². The summed E-state index contributed by atoms with van der Waals surface area (Å²) in [6, 6.07) is 3.64. The molecule has 0 atom stereocenters. The van der Waals surface area contributed by atoms with Gasteiger partial charge in [0, 0.05) is 17.1 Å². The Balaban J connectivity index is 2.56. The lowest BCUT2D eigenvalue weighted by atomic mass is 10.2. The molecule has 0 amide bonds. The van der Waals surface area contributed by atoms with Gasteiger partial charge in [0.15, 0.2) is 0 Å². The highest BCUT2D eigenvalue weighted by Gasteiger charge is 2.13. The van der Waals surface area contributed by atoms with Crippen LogP contribution in [0, 0.1) is 0 Å². The minimum atomic E-state index is 0.423. The minimum Gasteiger partial charge on any atom is -0.495 e. The molecule has 0 unspecified atom stereocenters. The standard InChI is InChI=1S/C10H7Cl2NOS/c1-14-7-3-2-6(8(11)9(7)12)10-13-4-5-15-10/h2-5H,1H3. The predicted molar refractivity (Wildman–Crippen MR) is 64.1 cm³/mol. The molecule has 0 aliphatic carbocycles. The molecular formula is C10H7Cl2NOS. The molecule has 2 rings (SSSR count). The minimum absolute atomic E-state index is 0.423. The Kier molecular flexibility index (Phi) is 3.14. The molecule has 0 N–H and O–H groups in total. The fourth-order valence-corrected chi connectivity index (χ4v) is 2.42. The number of hydrogen-bond acceptors (Lipinski definition) is 3. The van der Waals surface area contributed by atoms with Crippen LogP contribution in [-0.4, -0.2) is 12.1 Å². The fourth-order valence-electron chi connectivity index (χ4n) is 1.21. The van der Waals surface area contributed by atoms with Gasteiger partial charge in [-0.25, -0.2) is 4.98 Å². The molecule has 2 nitrogen and oxygen atoms in total. The molecule has 78 valence electrons. The molecule has 1 heterocycles. The molecular weight excluding hydrogens is 253 g/mol. The van der Waals surface area contributed by atoms with E-state index < -0.39 is 0 Å². The van der Waals surface area contributed by atoms with Gasteiger partial charge in [-0.3, -0.25) is 0 Å². The first kappa shape index (κ1) is 10.7. The molecule has 0 saturated carbocycles. The zero-order valence-corrected chi connectivity index (χ0v) is 10.2. The van der Waals surface area contributed by atoms with E-state index in [1.807, 2.05) is 11.4 Å². The van der Waals surface area contributed by atoms with Crippen LogP contribution in [0.2, 0.25) is 10.0 Å². The Morgan fingerprint density at radius 2 is 2.07 bits per heavy atom. The molecule has 0 aliphatic heterocycles. The van der Waals surface area contributed by atoms with Gasteiger partial charge in [-0.1, -0.05) is 23.2 Å². The number of halogens is 2. The average molecular weight is 260 g/mol. The summed E-state index contributed by atoms with van der Waals surface area (Å²) >= 11 is 13.7. The largest absolute Gasteiger partial charge is 0.495 e. The van der Waals surface area contributed by atoms with E-state index in [9.17, 15) is 0 Å². The summed E-state index contributed by atoms with van der Waals surface area (Å²) in [6.45, 7) is 0. The molecule has 0 spiro atoms. The highest BCUT2D eigenvalue weighted by Crippen LogP contribution is 2.39. The molecule has 0 aliphatic rings. The first-order valence-corrected chi connectivity index (χ1v) is 5.79. The summed E-state index contributed by atoms with van der Waals surface area (Å²) in [5.74, 6) is 0.571. The van der Waals surface area contributed by atoms with Crippen molar-refractivity contribution in [1.29, 1.82) is 0 Å². The number of rotatable bonds is 2. The van der Waals surface area contributed by atoms with Gasteiger partial charge in [0.2, 0.25) is 0 Å². The zero-order chi connectivity index (χ0) is 10.8. The van der Waals surface area contributed by atoms with Gasteiger partial charge in [0.05, 0.1) is 12.1 Å². The van der Waals surface area contributed by atoms with E-state index in [4.69, 9.17) is 27.9 Å². The second kappa shape index (κ2) is 4.39. The Hall–Kier alpha value is -0.770. The van der Waals surface area contributed by atoms with Crippen LogP contribution >= 0.6 is 34.5 Å². The number of thiazole rings is 1. The molecule has 0 saturated heterocycles. The van der Waals surface area contributed by atoms with E-state index in [2.05, 4.69) is 4.98 Å². The van der Waals surface area contributed by atoms with E-state index >= 15 is 0 Å². The van der Waals surface area contributed by atoms with Crippen molar-refractivity contribution in [3.05, 3.63) is 33.8 Å². The van der Waals surface area contributed by atoms with Crippen LogP contribution in [0.3, 0.4) is 0 Å². The second-order valence-corrected chi connectivity index (χ2v) is 4.43. The first-order chi connectivity index (χ1) is 7.24. The predicted octanol–water partition coefficient (Wildman–Crippen LogP) is 4.13. The monoisotopic (exact) mass is 259 g/mol. The third-order valence-electron chi connectivity index (χ3n) is 1.93. The number of hydrogen-bond donors (Lipinski definition) is 0. The molecule has 1 aromatic carbocycles. The average Bonchev–Trinajstić information content (AvgIpc) is 2.75. The highest BCUT2D eigenvalue weighted by atomic mass is 35.5. The Morgan fingerprint density at radius 3 is 2.67 bits per heavy atom. The Morgan fingerprint density at radius 1 is 1.27 bits per heavy atom. The molecule has 15 heavy (non-hydrogen) atoms. The van der Waals surface area contributed by atoms with Gasteiger partial charge in [-0.2, -0.15) is 0 Å². The van der Waals surface area contributed by atoms with Crippen LogP contribution in [0.1, 0.15) is 0 Å². The van der Waals surface area contributed by atoms with Gasteiger partial charge in [0.1, 0.15) is 15.8 Å². The third-order valence-corrected chi connectivity index (χ3v) is 3.60. The summed E-state index contributed by atoms with van der Waals surface area (Å²) < 4.78 is 5.06. The van der Waals surface area contributed by atoms with Crippen molar-refractivity contribution in [2.75, 3.05) is 7.11 Å². The zero-order valence-electron chi connectivity index (χ0n) is 7.83. The van der Waals surface area contributed by atoms with E-state index in [0.29, 0.717) is 15.8 Å². The van der Waals surface area contributed by atoms with Gasteiger partial charge in [0.25, 0.3) is 0 Å². The van der Waals surface area contributed by atoms with Crippen LogP contribution in [0.25, 0.3) is 10.6 Å². The SMILES string of the molecule is COc1ccc(-c2nccs2)c(Cl)c1Cl. The third kappa shape index (κ3) is 1.95. The maximum atomic E-state index is 6.12. The van der Waals surface area contributed by atoms with Gasteiger partial charge in [-0.05, 0) is 12.1 Å². The fraction of sp³-hybridized carbons (Fsp3) is 0.100. The van der Waals surface area contributed by atoms with Crippen molar-refractivity contribution >= 4 is 34.5 Å². The van der Waals surface area contributed by atoms with E-state index in [1.165, 1.54) is 11.3 Å². The van der Waals surface area contributed by atoms with Crippen LogP contribution < -0.4 is 4.74 Å². The maximum Gasteiger partial charge on any atom is 0.139 e. The van der Waals surface area contributed by atoms with Crippen LogP contribution in [-0.2, 0) is 0 Å². The molecule has 5 heteroatoms. The van der Waals surface area contributed by atoms with Crippen molar-refractivity contribution < 1.29 is 4.74 Å². The van der Waals surface area contributed by atoms with E-state index in [-0.39, 0.29) is 0 Å². The molecule has 0 radical (unpaired) electrons. The molecule has 2 aromatic rings. The van der Waals surface area contributed by atoms with E-state index in [1.54, 1.807) is 19.4 Å². The number of aromatic nitrogens is 1. The normalized spacial score (nSPS) is 10.3. The maximum absolute atomic E-state index is 6.12. The summed E-state index contributed by atoms with van der Waals surface area (Å²) in [4.78, 5) is 4.18. The lowest BCUT2D eigenvalue weighted by Gasteiger charge is -2.07. The van der Waals surface area contributed by atoms with Gasteiger partial charge >= 0.3 is 0 Å². The second-order valence-electron chi connectivity index (χ2n) is 2.78. The summed E-state index contributed by atoms with van der Waals surface area (Å²) in [6.07, 6.45) is 1.73.